The molecule has 0 amide bonds. The minimum atomic E-state index is 0.580. The van der Waals surface area contributed by atoms with Crippen LogP contribution in [-0.4, -0.2) is 15.0 Å². The molecule has 0 bridgehead atoms. The molecule has 2 N–H and O–H groups in total. The summed E-state index contributed by atoms with van der Waals surface area (Å²) in [5.74, 6) is 1.22. The minimum Gasteiger partial charge on any atom is -0.381 e. The molecule has 0 spiro atoms. The summed E-state index contributed by atoms with van der Waals surface area (Å²) < 4.78 is 1.94. The fraction of sp³-hybridized carbons (Fsp3) is 0.800. The first-order valence-corrected chi connectivity index (χ1v) is 5.36. The van der Waals surface area contributed by atoms with Gasteiger partial charge in [-0.3, -0.25) is 0 Å². The normalized spacial score (nSPS) is 13.1. The number of nitrogens with two attached hydrogens (primary N) is 1. The van der Waals surface area contributed by atoms with Crippen molar-refractivity contribution in [2.75, 3.05) is 5.73 Å². The number of aromatic nitrogens is 3. The monoisotopic (exact) mass is 196 g/mol. The van der Waals surface area contributed by atoms with E-state index in [-0.39, 0.29) is 0 Å². The Morgan fingerprint density at radius 2 is 2.14 bits per heavy atom. The Bertz CT molecular complexity index is 280. The van der Waals surface area contributed by atoms with Gasteiger partial charge in [0.1, 0.15) is 0 Å². The van der Waals surface area contributed by atoms with Gasteiger partial charge >= 0.3 is 0 Å². The van der Waals surface area contributed by atoms with Crippen LogP contribution >= 0.6 is 0 Å². The van der Waals surface area contributed by atoms with Gasteiger partial charge in [-0.1, -0.05) is 32.4 Å². The van der Waals surface area contributed by atoms with E-state index in [0.717, 1.165) is 18.7 Å². The first-order chi connectivity index (χ1) is 6.69. The Morgan fingerprint density at radius 3 is 2.71 bits per heavy atom. The third kappa shape index (κ3) is 2.47. The summed E-state index contributed by atoms with van der Waals surface area (Å²) >= 11 is 0. The molecule has 0 aromatic carbocycles. The van der Waals surface area contributed by atoms with Crippen molar-refractivity contribution in [3.8, 4) is 0 Å². The van der Waals surface area contributed by atoms with Gasteiger partial charge in [-0.2, -0.15) is 0 Å². The molecule has 1 rings (SSSR count). The number of hydrogen-bond donors (Lipinski definition) is 1. The van der Waals surface area contributed by atoms with Gasteiger partial charge in [0.25, 0.3) is 0 Å². The Balaban J connectivity index is 2.66. The molecule has 0 saturated heterocycles. The third-order valence-electron chi connectivity index (χ3n) is 2.47. The fourth-order valence-electron chi connectivity index (χ4n) is 1.74. The van der Waals surface area contributed by atoms with Crippen molar-refractivity contribution in [1.29, 1.82) is 0 Å². The minimum absolute atomic E-state index is 0.580. The molecule has 0 aliphatic carbocycles. The zero-order valence-corrected chi connectivity index (χ0v) is 9.32. The lowest BCUT2D eigenvalue weighted by molar-refractivity contribution is 0.406. The molecule has 0 fully saturated rings. The molecule has 4 nitrogen and oxygen atoms in total. The van der Waals surface area contributed by atoms with Gasteiger partial charge in [-0.25, -0.2) is 4.68 Å². The summed E-state index contributed by atoms with van der Waals surface area (Å²) in [6, 6.07) is 0. The molecule has 1 atom stereocenters. The molecule has 80 valence electrons. The third-order valence-corrected chi connectivity index (χ3v) is 2.47. The van der Waals surface area contributed by atoms with E-state index in [2.05, 4.69) is 31.1 Å². The summed E-state index contributed by atoms with van der Waals surface area (Å²) in [4.78, 5) is 0. The first kappa shape index (κ1) is 11.0. The molecular formula is C10H20N4. The molecule has 1 aromatic heterocycles. The summed E-state index contributed by atoms with van der Waals surface area (Å²) in [5, 5.41) is 7.94. The molecule has 1 unspecified atom stereocenters. The first-order valence-electron chi connectivity index (χ1n) is 5.36. The summed E-state index contributed by atoms with van der Waals surface area (Å²) in [6.45, 7) is 7.45. The average molecular weight is 196 g/mol. The van der Waals surface area contributed by atoms with E-state index in [1.165, 1.54) is 12.8 Å². The second-order valence-corrected chi connectivity index (χ2v) is 3.85. The van der Waals surface area contributed by atoms with E-state index >= 15 is 0 Å². The number of anilines is 1. The molecule has 0 radical (unpaired) electrons. The van der Waals surface area contributed by atoms with Crippen LogP contribution in [0.15, 0.2) is 0 Å². The zero-order valence-electron chi connectivity index (χ0n) is 9.32. The van der Waals surface area contributed by atoms with Crippen molar-refractivity contribution in [3.63, 3.8) is 0 Å². The Morgan fingerprint density at radius 1 is 1.43 bits per heavy atom. The lowest BCUT2D eigenvalue weighted by atomic mass is 10.1. The highest BCUT2D eigenvalue weighted by Gasteiger charge is 2.10. The van der Waals surface area contributed by atoms with Crippen LogP contribution in [-0.2, 0) is 13.0 Å². The Kier molecular flexibility index (Phi) is 3.92. The van der Waals surface area contributed by atoms with Crippen molar-refractivity contribution in [1.82, 2.24) is 15.0 Å². The summed E-state index contributed by atoms with van der Waals surface area (Å²) in [5.41, 5.74) is 6.77. The van der Waals surface area contributed by atoms with E-state index in [4.69, 9.17) is 5.73 Å². The molecule has 4 heteroatoms. The molecule has 0 aliphatic rings. The van der Waals surface area contributed by atoms with Crippen molar-refractivity contribution in [2.45, 2.75) is 46.6 Å². The van der Waals surface area contributed by atoms with Gasteiger partial charge in [0.05, 0.1) is 5.69 Å². The quantitative estimate of drug-likeness (QED) is 0.782. The second kappa shape index (κ2) is 4.98. The van der Waals surface area contributed by atoms with Crippen LogP contribution in [0.2, 0.25) is 0 Å². The van der Waals surface area contributed by atoms with Gasteiger partial charge in [0, 0.05) is 6.54 Å². The van der Waals surface area contributed by atoms with Crippen molar-refractivity contribution < 1.29 is 0 Å². The van der Waals surface area contributed by atoms with Crippen LogP contribution < -0.4 is 5.73 Å². The van der Waals surface area contributed by atoms with E-state index < -0.39 is 0 Å². The van der Waals surface area contributed by atoms with Gasteiger partial charge in [0.2, 0.25) is 0 Å². The smallest absolute Gasteiger partial charge is 0.169 e. The number of hydrogen-bond acceptors (Lipinski definition) is 3. The number of nitrogens with zero attached hydrogens (tertiary/aromatic N) is 3. The molecule has 0 aliphatic heterocycles. The highest BCUT2D eigenvalue weighted by molar-refractivity contribution is 5.32. The maximum Gasteiger partial charge on any atom is 0.169 e. The molecular weight excluding hydrogens is 176 g/mol. The largest absolute Gasteiger partial charge is 0.381 e. The standard InChI is InChI=1S/C10H20N4/c1-4-6-8(3)7-14-9(5-2)10(11)12-13-14/h8H,4-7,11H2,1-3H3. The predicted octanol–water partition coefficient (Wildman–Crippen LogP) is 1.86. The van der Waals surface area contributed by atoms with E-state index in [1.807, 2.05) is 4.68 Å². The number of rotatable bonds is 5. The van der Waals surface area contributed by atoms with Crippen LogP contribution in [0.5, 0.6) is 0 Å². The van der Waals surface area contributed by atoms with E-state index in [0.29, 0.717) is 11.7 Å². The van der Waals surface area contributed by atoms with Crippen LogP contribution in [0.25, 0.3) is 0 Å². The highest BCUT2D eigenvalue weighted by Crippen LogP contribution is 2.13. The van der Waals surface area contributed by atoms with Gasteiger partial charge in [-0.15, -0.1) is 5.10 Å². The Hall–Kier alpha value is -1.06. The maximum atomic E-state index is 5.71. The highest BCUT2D eigenvalue weighted by atomic mass is 15.4. The van der Waals surface area contributed by atoms with Crippen molar-refractivity contribution >= 4 is 5.82 Å². The molecule has 1 heterocycles. The van der Waals surface area contributed by atoms with Crippen molar-refractivity contribution in [3.05, 3.63) is 5.69 Å². The number of nitrogen functional groups attached to an aromatic ring is 1. The summed E-state index contributed by atoms with van der Waals surface area (Å²) in [6.07, 6.45) is 3.34. The van der Waals surface area contributed by atoms with Gasteiger partial charge in [0.15, 0.2) is 5.82 Å². The van der Waals surface area contributed by atoms with Gasteiger partial charge < -0.3 is 5.73 Å². The van der Waals surface area contributed by atoms with E-state index in [1.54, 1.807) is 0 Å². The van der Waals surface area contributed by atoms with Crippen LogP contribution in [0, 0.1) is 5.92 Å². The SMILES string of the molecule is CCCC(C)Cn1nnc(N)c1CC. The zero-order chi connectivity index (χ0) is 10.6. The second-order valence-electron chi connectivity index (χ2n) is 3.85. The average Bonchev–Trinajstić information content (AvgIpc) is 2.47. The summed E-state index contributed by atoms with van der Waals surface area (Å²) in [7, 11) is 0. The molecule has 1 aromatic rings. The lowest BCUT2D eigenvalue weighted by Crippen LogP contribution is -2.12. The predicted molar refractivity (Wildman–Crippen MR) is 57.9 cm³/mol. The lowest BCUT2D eigenvalue weighted by Gasteiger charge is -2.11. The Labute approximate surface area is 85.5 Å². The van der Waals surface area contributed by atoms with Crippen molar-refractivity contribution in [2.24, 2.45) is 5.92 Å². The van der Waals surface area contributed by atoms with Gasteiger partial charge in [-0.05, 0) is 18.8 Å². The van der Waals surface area contributed by atoms with Crippen LogP contribution in [0.1, 0.15) is 39.3 Å². The topological polar surface area (TPSA) is 56.7 Å². The van der Waals surface area contributed by atoms with Crippen LogP contribution in [0.4, 0.5) is 5.82 Å². The maximum absolute atomic E-state index is 5.71. The molecule has 14 heavy (non-hydrogen) atoms. The molecule has 0 saturated carbocycles. The van der Waals surface area contributed by atoms with Crippen LogP contribution in [0.3, 0.4) is 0 Å². The fourth-order valence-corrected chi connectivity index (χ4v) is 1.74. The van der Waals surface area contributed by atoms with E-state index in [9.17, 15) is 0 Å².